The number of carboxylic acid groups (broad SMARTS) is 1. The van der Waals surface area contributed by atoms with Gasteiger partial charge in [-0.25, -0.2) is 4.79 Å². The third kappa shape index (κ3) is 4.42. The van der Waals surface area contributed by atoms with Crippen LogP contribution in [0.25, 0.3) is 0 Å². The molecule has 2 aromatic rings. The second-order valence-electron chi connectivity index (χ2n) is 4.60. The molecular formula is C16H16N2O3. The molecule has 1 aromatic carbocycles. The van der Waals surface area contributed by atoms with E-state index in [1.54, 1.807) is 42.7 Å². The van der Waals surface area contributed by atoms with Crippen molar-refractivity contribution in [1.29, 1.82) is 0 Å². The minimum absolute atomic E-state index is 0.237. The Morgan fingerprint density at radius 1 is 1.10 bits per heavy atom. The normalized spacial score (nSPS) is 11.6. The second-order valence-corrected chi connectivity index (χ2v) is 4.60. The van der Waals surface area contributed by atoms with Crippen LogP contribution < -0.4 is 5.32 Å². The Bertz CT molecular complexity index is 599. The van der Waals surface area contributed by atoms with Crippen molar-refractivity contribution < 1.29 is 14.7 Å². The molecule has 2 rings (SSSR count). The smallest absolute Gasteiger partial charge is 0.330 e. The van der Waals surface area contributed by atoms with Gasteiger partial charge in [-0.2, -0.15) is 0 Å². The van der Waals surface area contributed by atoms with Crippen LogP contribution in [0.2, 0.25) is 0 Å². The molecule has 0 saturated heterocycles. The number of carbonyl (C=O) groups is 2. The molecule has 0 aliphatic carbocycles. The van der Waals surface area contributed by atoms with Crippen molar-refractivity contribution in [2.75, 3.05) is 0 Å². The molecule has 0 bridgehead atoms. The van der Waals surface area contributed by atoms with E-state index in [0.29, 0.717) is 12.0 Å². The SMILES string of the molecule is O=C(CCc1ccncc1)N[C@H](C(=O)O)c1ccccc1. The molecule has 5 nitrogen and oxygen atoms in total. The highest BCUT2D eigenvalue weighted by atomic mass is 16.4. The van der Waals surface area contributed by atoms with Gasteiger partial charge in [-0.1, -0.05) is 30.3 Å². The highest BCUT2D eigenvalue weighted by Crippen LogP contribution is 2.13. The Morgan fingerprint density at radius 3 is 2.38 bits per heavy atom. The number of aliphatic carboxylic acids is 1. The summed E-state index contributed by atoms with van der Waals surface area (Å²) in [4.78, 5) is 27.1. The molecule has 2 N–H and O–H groups in total. The maximum atomic E-state index is 11.9. The summed E-state index contributed by atoms with van der Waals surface area (Å²) in [7, 11) is 0. The van der Waals surface area contributed by atoms with Crippen molar-refractivity contribution in [2.45, 2.75) is 18.9 Å². The van der Waals surface area contributed by atoms with E-state index in [0.717, 1.165) is 5.56 Å². The summed E-state index contributed by atoms with van der Waals surface area (Å²) in [5, 5.41) is 11.8. The zero-order valence-corrected chi connectivity index (χ0v) is 11.4. The van der Waals surface area contributed by atoms with Crippen molar-refractivity contribution >= 4 is 11.9 Å². The molecule has 1 aromatic heterocycles. The van der Waals surface area contributed by atoms with Crippen molar-refractivity contribution in [3.8, 4) is 0 Å². The first-order chi connectivity index (χ1) is 10.2. The van der Waals surface area contributed by atoms with E-state index in [1.807, 2.05) is 12.1 Å². The molecule has 108 valence electrons. The number of carboxylic acids is 1. The fourth-order valence-corrected chi connectivity index (χ4v) is 1.97. The van der Waals surface area contributed by atoms with Gasteiger partial charge in [0.15, 0.2) is 6.04 Å². The van der Waals surface area contributed by atoms with Gasteiger partial charge in [-0.05, 0) is 29.7 Å². The van der Waals surface area contributed by atoms with Crippen LogP contribution in [0.5, 0.6) is 0 Å². The van der Waals surface area contributed by atoms with Gasteiger partial charge in [0, 0.05) is 18.8 Å². The van der Waals surface area contributed by atoms with Crippen LogP contribution in [0.1, 0.15) is 23.6 Å². The summed E-state index contributed by atoms with van der Waals surface area (Å²) in [5.41, 5.74) is 1.55. The topological polar surface area (TPSA) is 79.3 Å². The number of aromatic nitrogens is 1. The van der Waals surface area contributed by atoms with E-state index in [2.05, 4.69) is 10.3 Å². The molecule has 1 atom stereocenters. The van der Waals surface area contributed by atoms with E-state index in [9.17, 15) is 14.7 Å². The number of aryl methyl sites for hydroxylation is 1. The lowest BCUT2D eigenvalue weighted by Gasteiger charge is -2.14. The molecule has 1 heterocycles. The average molecular weight is 284 g/mol. The number of amides is 1. The van der Waals surface area contributed by atoms with E-state index < -0.39 is 12.0 Å². The average Bonchev–Trinajstić information content (AvgIpc) is 2.52. The number of nitrogens with one attached hydrogen (secondary N) is 1. The molecule has 0 aliphatic rings. The standard InChI is InChI=1S/C16H16N2O3/c19-14(7-6-12-8-10-17-11-9-12)18-15(16(20)21)13-4-2-1-3-5-13/h1-5,8-11,15H,6-7H2,(H,18,19)(H,20,21)/t15-/m0/s1. The van der Waals surface area contributed by atoms with Crippen molar-refractivity contribution in [1.82, 2.24) is 10.3 Å². The molecule has 1 amide bonds. The first-order valence-corrected chi connectivity index (χ1v) is 6.63. The molecule has 0 aliphatic heterocycles. The lowest BCUT2D eigenvalue weighted by molar-refractivity contribution is -0.142. The minimum Gasteiger partial charge on any atom is -0.479 e. The Kier molecular flexibility index (Phi) is 5.04. The molecule has 0 spiro atoms. The maximum absolute atomic E-state index is 11.9. The Balaban J connectivity index is 1.95. The van der Waals surface area contributed by atoms with E-state index in [1.165, 1.54) is 0 Å². The summed E-state index contributed by atoms with van der Waals surface area (Å²) in [6.07, 6.45) is 4.12. The Morgan fingerprint density at radius 2 is 1.76 bits per heavy atom. The van der Waals surface area contributed by atoms with Crippen LogP contribution in [0.15, 0.2) is 54.9 Å². The van der Waals surface area contributed by atoms with Gasteiger partial charge in [0.05, 0.1) is 0 Å². The highest BCUT2D eigenvalue weighted by molar-refractivity contribution is 5.84. The van der Waals surface area contributed by atoms with E-state index in [4.69, 9.17) is 0 Å². The molecule has 0 fully saturated rings. The van der Waals surface area contributed by atoms with Crippen molar-refractivity contribution in [3.63, 3.8) is 0 Å². The van der Waals surface area contributed by atoms with Gasteiger partial charge in [0.2, 0.25) is 5.91 Å². The predicted molar refractivity (Wildman–Crippen MR) is 77.5 cm³/mol. The third-order valence-corrected chi connectivity index (χ3v) is 3.08. The van der Waals surface area contributed by atoms with Gasteiger partial charge in [-0.15, -0.1) is 0 Å². The summed E-state index contributed by atoms with van der Waals surface area (Å²) >= 11 is 0. The largest absolute Gasteiger partial charge is 0.479 e. The first kappa shape index (κ1) is 14.7. The summed E-state index contributed by atoms with van der Waals surface area (Å²) < 4.78 is 0. The van der Waals surface area contributed by atoms with Crippen LogP contribution in [-0.4, -0.2) is 22.0 Å². The highest BCUT2D eigenvalue weighted by Gasteiger charge is 2.21. The van der Waals surface area contributed by atoms with Crippen molar-refractivity contribution in [3.05, 3.63) is 66.0 Å². The minimum atomic E-state index is -1.07. The van der Waals surface area contributed by atoms with Crippen LogP contribution >= 0.6 is 0 Å². The number of pyridine rings is 1. The van der Waals surface area contributed by atoms with Crippen LogP contribution in [0, 0.1) is 0 Å². The summed E-state index contributed by atoms with van der Waals surface area (Å²) in [5.74, 6) is -1.36. The number of rotatable bonds is 6. The molecule has 21 heavy (non-hydrogen) atoms. The lowest BCUT2D eigenvalue weighted by atomic mass is 10.1. The van der Waals surface area contributed by atoms with Gasteiger partial charge >= 0.3 is 5.97 Å². The van der Waals surface area contributed by atoms with Crippen LogP contribution in [-0.2, 0) is 16.0 Å². The number of benzene rings is 1. The number of hydrogen-bond acceptors (Lipinski definition) is 3. The Hall–Kier alpha value is -2.69. The zero-order valence-electron chi connectivity index (χ0n) is 11.4. The first-order valence-electron chi connectivity index (χ1n) is 6.63. The predicted octanol–water partition coefficient (Wildman–Crippen LogP) is 1.96. The van der Waals surface area contributed by atoms with Crippen LogP contribution in [0.4, 0.5) is 0 Å². The number of hydrogen-bond donors (Lipinski definition) is 2. The summed E-state index contributed by atoms with van der Waals surface area (Å²) in [6.45, 7) is 0. The molecule has 0 radical (unpaired) electrons. The van der Waals surface area contributed by atoms with E-state index >= 15 is 0 Å². The van der Waals surface area contributed by atoms with Gasteiger partial charge < -0.3 is 10.4 Å². The number of nitrogens with zero attached hydrogens (tertiary/aromatic N) is 1. The molecule has 0 saturated carbocycles. The van der Waals surface area contributed by atoms with Gasteiger partial charge in [0.1, 0.15) is 0 Å². The molecule has 0 unspecified atom stereocenters. The zero-order chi connectivity index (χ0) is 15.1. The maximum Gasteiger partial charge on any atom is 0.330 e. The second kappa shape index (κ2) is 7.19. The quantitative estimate of drug-likeness (QED) is 0.849. The monoisotopic (exact) mass is 284 g/mol. The summed E-state index contributed by atoms with van der Waals surface area (Å²) in [6, 6.07) is 11.3. The fourth-order valence-electron chi connectivity index (χ4n) is 1.97. The van der Waals surface area contributed by atoms with Gasteiger partial charge in [0.25, 0.3) is 0 Å². The Labute approximate surface area is 122 Å². The van der Waals surface area contributed by atoms with Crippen LogP contribution in [0.3, 0.4) is 0 Å². The third-order valence-electron chi connectivity index (χ3n) is 3.08. The molecular weight excluding hydrogens is 268 g/mol. The molecule has 5 heteroatoms. The van der Waals surface area contributed by atoms with Gasteiger partial charge in [-0.3, -0.25) is 9.78 Å². The lowest BCUT2D eigenvalue weighted by Crippen LogP contribution is -2.33. The van der Waals surface area contributed by atoms with E-state index in [-0.39, 0.29) is 12.3 Å². The fraction of sp³-hybridized carbons (Fsp3) is 0.188. The van der Waals surface area contributed by atoms with Crippen molar-refractivity contribution in [2.24, 2.45) is 0 Å². The number of carbonyl (C=O) groups excluding carboxylic acids is 1.